The Labute approximate surface area is 79.2 Å². The van der Waals surface area contributed by atoms with E-state index >= 15 is 0 Å². The van der Waals surface area contributed by atoms with E-state index in [1.807, 2.05) is 13.1 Å². The van der Waals surface area contributed by atoms with Crippen LogP contribution in [-0.4, -0.2) is 17.9 Å². The van der Waals surface area contributed by atoms with Crippen molar-refractivity contribution in [2.45, 2.75) is 19.8 Å². The Morgan fingerprint density at radius 1 is 1.62 bits per heavy atom. The topological polar surface area (TPSA) is 20.3 Å². The molecule has 0 atom stereocenters. The summed E-state index contributed by atoms with van der Waals surface area (Å²) in [6, 6.07) is 0. The zero-order valence-electron chi connectivity index (χ0n) is 8.21. The standard InChI is InChI=1S/C11H15NO/c1-4-6-9-8-11(13)12(3)10(9)7-5-2/h4,6-7H,1,5,8H2,2-3H3/b9-6-,10-7+. The Morgan fingerprint density at radius 3 is 2.85 bits per heavy atom. The van der Waals surface area contributed by atoms with Crippen molar-refractivity contribution in [2.75, 3.05) is 7.05 Å². The van der Waals surface area contributed by atoms with Crippen molar-refractivity contribution in [3.63, 3.8) is 0 Å². The van der Waals surface area contributed by atoms with Gasteiger partial charge in [-0.1, -0.05) is 31.7 Å². The maximum absolute atomic E-state index is 11.4. The lowest BCUT2D eigenvalue weighted by atomic mass is 10.1. The van der Waals surface area contributed by atoms with Crippen molar-refractivity contribution in [3.8, 4) is 0 Å². The summed E-state index contributed by atoms with van der Waals surface area (Å²) >= 11 is 0. The van der Waals surface area contributed by atoms with Gasteiger partial charge in [-0.2, -0.15) is 0 Å². The number of rotatable bonds is 2. The highest BCUT2D eigenvalue weighted by molar-refractivity contribution is 5.86. The molecule has 1 amide bonds. The summed E-state index contributed by atoms with van der Waals surface area (Å²) in [5, 5.41) is 0. The van der Waals surface area contributed by atoms with Crippen LogP contribution in [0.1, 0.15) is 19.8 Å². The average molecular weight is 177 g/mol. The lowest BCUT2D eigenvalue weighted by Crippen LogP contribution is -2.16. The Balaban J connectivity index is 3.00. The van der Waals surface area contributed by atoms with E-state index in [0.29, 0.717) is 6.42 Å². The number of carbonyl (C=O) groups is 1. The van der Waals surface area contributed by atoms with E-state index in [0.717, 1.165) is 17.7 Å². The predicted molar refractivity (Wildman–Crippen MR) is 54.0 cm³/mol. The van der Waals surface area contributed by atoms with Gasteiger partial charge in [0.2, 0.25) is 5.91 Å². The number of likely N-dealkylation sites (tertiary alicyclic amines) is 1. The molecule has 1 saturated heterocycles. The molecule has 0 radical (unpaired) electrons. The molecule has 1 rings (SSSR count). The molecule has 1 heterocycles. The Hall–Kier alpha value is -1.31. The fraction of sp³-hybridized carbons (Fsp3) is 0.364. The van der Waals surface area contributed by atoms with Gasteiger partial charge in [-0.3, -0.25) is 4.79 Å². The van der Waals surface area contributed by atoms with Gasteiger partial charge in [0.25, 0.3) is 0 Å². The molecule has 2 nitrogen and oxygen atoms in total. The second-order valence-corrected chi connectivity index (χ2v) is 3.05. The molecule has 13 heavy (non-hydrogen) atoms. The number of nitrogens with zero attached hydrogens (tertiary/aromatic N) is 1. The number of carbonyl (C=O) groups excluding carboxylic acids is 1. The Kier molecular flexibility index (Phi) is 3.07. The molecule has 1 aliphatic heterocycles. The molecule has 0 unspecified atom stereocenters. The molecule has 0 aliphatic carbocycles. The highest BCUT2D eigenvalue weighted by Crippen LogP contribution is 2.27. The summed E-state index contributed by atoms with van der Waals surface area (Å²) in [7, 11) is 1.81. The third-order valence-electron chi connectivity index (χ3n) is 2.12. The molecule has 0 N–H and O–H groups in total. The van der Waals surface area contributed by atoms with Gasteiger partial charge in [-0.15, -0.1) is 0 Å². The number of hydrogen-bond acceptors (Lipinski definition) is 1. The summed E-state index contributed by atoms with van der Waals surface area (Å²) < 4.78 is 0. The number of likely N-dealkylation sites (N-methyl/N-ethyl adjacent to an activating group) is 1. The lowest BCUT2D eigenvalue weighted by Gasteiger charge is -2.10. The van der Waals surface area contributed by atoms with Crippen molar-refractivity contribution in [2.24, 2.45) is 0 Å². The van der Waals surface area contributed by atoms with Crippen molar-refractivity contribution < 1.29 is 4.79 Å². The fourth-order valence-electron chi connectivity index (χ4n) is 1.47. The first-order valence-electron chi connectivity index (χ1n) is 4.49. The third kappa shape index (κ3) is 1.89. The van der Waals surface area contributed by atoms with Gasteiger partial charge < -0.3 is 4.90 Å². The van der Waals surface area contributed by atoms with E-state index in [9.17, 15) is 4.79 Å². The maximum Gasteiger partial charge on any atom is 0.231 e. The van der Waals surface area contributed by atoms with Crippen LogP contribution in [-0.2, 0) is 4.79 Å². The van der Waals surface area contributed by atoms with Crippen LogP contribution in [0.25, 0.3) is 0 Å². The van der Waals surface area contributed by atoms with Crippen molar-refractivity contribution >= 4 is 5.91 Å². The molecular formula is C11H15NO. The van der Waals surface area contributed by atoms with E-state index in [1.165, 1.54) is 0 Å². The van der Waals surface area contributed by atoms with E-state index in [-0.39, 0.29) is 5.91 Å². The first-order chi connectivity index (χ1) is 6.20. The van der Waals surface area contributed by atoms with Gasteiger partial charge in [0.15, 0.2) is 0 Å². The minimum atomic E-state index is 0.160. The minimum Gasteiger partial charge on any atom is -0.315 e. The van der Waals surface area contributed by atoms with Gasteiger partial charge in [0.1, 0.15) is 0 Å². The summed E-state index contributed by atoms with van der Waals surface area (Å²) in [5.41, 5.74) is 2.11. The molecular weight excluding hydrogens is 162 g/mol. The summed E-state index contributed by atoms with van der Waals surface area (Å²) in [6.07, 6.45) is 7.16. The van der Waals surface area contributed by atoms with E-state index in [4.69, 9.17) is 0 Å². The van der Waals surface area contributed by atoms with Gasteiger partial charge in [-0.25, -0.2) is 0 Å². The second-order valence-electron chi connectivity index (χ2n) is 3.05. The number of hydrogen-bond donors (Lipinski definition) is 0. The van der Waals surface area contributed by atoms with E-state index in [1.54, 1.807) is 11.0 Å². The smallest absolute Gasteiger partial charge is 0.231 e. The molecule has 1 aliphatic rings. The van der Waals surface area contributed by atoms with Gasteiger partial charge >= 0.3 is 0 Å². The molecule has 0 aromatic carbocycles. The van der Waals surface area contributed by atoms with Crippen molar-refractivity contribution in [1.82, 2.24) is 4.90 Å². The molecule has 2 heteroatoms. The summed E-state index contributed by atoms with van der Waals surface area (Å²) in [5.74, 6) is 0.160. The SMILES string of the molecule is C=C/C=C1/CC(=O)N(C)/C1=C/CC. The summed E-state index contributed by atoms with van der Waals surface area (Å²) in [6.45, 7) is 5.70. The van der Waals surface area contributed by atoms with Crippen molar-refractivity contribution in [1.29, 1.82) is 0 Å². The molecule has 0 bridgehead atoms. The van der Waals surface area contributed by atoms with Crippen LogP contribution in [0.4, 0.5) is 0 Å². The zero-order valence-corrected chi connectivity index (χ0v) is 8.21. The largest absolute Gasteiger partial charge is 0.315 e. The average Bonchev–Trinajstić information content (AvgIpc) is 2.34. The first kappa shape index (κ1) is 9.78. The normalized spacial score (nSPS) is 23.2. The van der Waals surface area contributed by atoms with Crippen LogP contribution in [0.3, 0.4) is 0 Å². The van der Waals surface area contributed by atoms with E-state index < -0.39 is 0 Å². The Morgan fingerprint density at radius 2 is 2.31 bits per heavy atom. The maximum atomic E-state index is 11.4. The van der Waals surface area contributed by atoms with Crippen LogP contribution >= 0.6 is 0 Å². The number of amides is 1. The minimum absolute atomic E-state index is 0.160. The van der Waals surface area contributed by atoms with Crippen LogP contribution in [0.5, 0.6) is 0 Å². The van der Waals surface area contributed by atoms with Gasteiger partial charge in [0.05, 0.1) is 6.42 Å². The van der Waals surface area contributed by atoms with Crippen LogP contribution < -0.4 is 0 Å². The van der Waals surface area contributed by atoms with Crippen LogP contribution in [0.2, 0.25) is 0 Å². The lowest BCUT2D eigenvalue weighted by molar-refractivity contribution is -0.125. The van der Waals surface area contributed by atoms with Crippen LogP contribution in [0, 0.1) is 0 Å². The Bertz CT molecular complexity index is 286. The predicted octanol–water partition coefficient (Wildman–Crippen LogP) is 2.25. The van der Waals surface area contributed by atoms with Gasteiger partial charge in [-0.05, 0) is 12.0 Å². The second kappa shape index (κ2) is 4.08. The van der Waals surface area contributed by atoms with Gasteiger partial charge in [0, 0.05) is 12.7 Å². The molecule has 70 valence electrons. The molecule has 0 spiro atoms. The fourth-order valence-corrected chi connectivity index (χ4v) is 1.47. The summed E-state index contributed by atoms with van der Waals surface area (Å²) in [4.78, 5) is 13.1. The molecule has 1 fully saturated rings. The highest BCUT2D eigenvalue weighted by Gasteiger charge is 2.25. The molecule has 0 saturated carbocycles. The highest BCUT2D eigenvalue weighted by atomic mass is 16.2. The first-order valence-corrected chi connectivity index (χ1v) is 4.49. The van der Waals surface area contributed by atoms with Crippen LogP contribution in [0.15, 0.2) is 36.1 Å². The molecule has 0 aromatic heterocycles. The monoisotopic (exact) mass is 177 g/mol. The van der Waals surface area contributed by atoms with E-state index in [2.05, 4.69) is 19.6 Å². The van der Waals surface area contributed by atoms with Crippen molar-refractivity contribution in [3.05, 3.63) is 36.1 Å². The molecule has 0 aromatic rings. The zero-order chi connectivity index (χ0) is 9.84. The number of allylic oxidation sites excluding steroid dienone is 4. The third-order valence-corrected chi connectivity index (χ3v) is 2.12. The quantitative estimate of drug-likeness (QED) is 0.633.